The van der Waals surface area contributed by atoms with Crippen LogP contribution in [-0.2, 0) is 0 Å². The first-order valence-corrected chi connectivity index (χ1v) is 7.12. The van der Waals surface area contributed by atoms with Crippen molar-refractivity contribution in [2.75, 3.05) is 18.5 Å². The smallest absolute Gasteiger partial charge is 0.203 e. The van der Waals surface area contributed by atoms with E-state index in [9.17, 15) is 0 Å². The Morgan fingerprint density at radius 3 is 2.67 bits per heavy atom. The van der Waals surface area contributed by atoms with Crippen LogP contribution in [0, 0.1) is 0 Å². The van der Waals surface area contributed by atoms with Crippen molar-refractivity contribution in [2.45, 2.75) is 6.42 Å². The molecular weight excluding hydrogens is 258 g/mol. The van der Waals surface area contributed by atoms with Crippen LogP contribution in [0.3, 0.4) is 0 Å². The molecule has 0 saturated heterocycles. The van der Waals surface area contributed by atoms with Gasteiger partial charge in [0.1, 0.15) is 5.58 Å². The Labute approximate surface area is 125 Å². The Bertz CT molecular complexity index is 761. The number of anilines is 1. The summed E-state index contributed by atoms with van der Waals surface area (Å²) >= 11 is 0. The summed E-state index contributed by atoms with van der Waals surface area (Å²) in [7, 11) is 2.06. The van der Waals surface area contributed by atoms with Gasteiger partial charge in [0.15, 0.2) is 0 Å². The fraction of sp³-hybridized carbons (Fsp3) is 0.158. The minimum Gasteiger partial charge on any atom is -0.440 e. The second-order valence-corrected chi connectivity index (χ2v) is 5.31. The lowest BCUT2D eigenvalue weighted by atomic mass is 10.1. The zero-order valence-electron chi connectivity index (χ0n) is 12.3. The molecule has 0 fully saturated rings. The highest BCUT2D eigenvalue weighted by Crippen LogP contribution is 2.34. The van der Waals surface area contributed by atoms with Crippen LogP contribution < -0.4 is 4.90 Å². The molecular formula is C19H19NO. The third-order valence-corrected chi connectivity index (χ3v) is 3.77. The standard InChI is InChI=1S/C19H19NO/c1-14-8-6-7-13-20(3)19-17(12-11-15(14)2)16-9-4-5-10-18(16)21-19/h4-6,8-12H,1-2,7,13H2,3H3/b8-6-,12-11-. The summed E-state index contributed by atoms with van der Waals surface area (Å²) in [6, 6.07) is 8.12. The van der Waals surface area contributed by atoms with Gasteiger partial charge >= 0.3 is 0 Å². The fourth-order valence-corrected chi connectivity index (χ4v) is 2.49. The Hall–Kier alpha value is -2.48. The van der Waals surface area contributed by atoms with Crippen LogP contribution in [-0.4, -0.2) is 13.6 Å². The Morgan fingerprint density at radius 2 is 1.81 bits per heavy atom. The number of rotatable bonds is 0. The van der Waals surface area contributed by atoms with Crippen LogP contribution >= 0.6 is 0 Å². The number of benzene rings is 1. The van der Waals surface area contributed by atoms with E-state index >= 15 is 0 Å². The van der Waals surface area contributed by atoms with E-state index in [1.807, 2.05) is 30.4 Å². The van der Waals surface area contributed by atoms with Crippen molar-refractivity contribution < 1.29 is 4.42 Å². The molecule has 0 spiro atoms. The van der Waals surface area contributed by atoms with Crippen LogP contribution in [0.15, 0.2) is 71.2 Å². The predicted molar refractivity (Wildman–Crippen MR) is 90.6 cm³/mol. The summed E-state index contributed by atoms with van der Waals surface area (Å²) in [4.78, 5) is 2.15. The average Bonchev–Trinajstić information content (AvgIpc) is 2.86. The molecule has 2 heteroatoms. The van der Waals surface area contributed by atoms with Gasteiger partial charge in [0.05, 0.1) is 0 Å². The first-order chi connectivity index (χ1) is 10.2. The zero-order chi connectivity index (χ0) is 14.8. The summed E-state index contributed by atoms with van der Waals surface area (Å²) in [5, 5.41) is 1.13. The topological polar surface area (TPSA) is 16.4 Å². The number of fused-ring (bicyclic) bond motifs is 3. The van der Waals surface area contributed by atoms with Gasteiger partial charge in [-0.2, -0.15) is 0 Å². The van der Waals surface area contributed by atoms with E-state index < -0.39 is 0 Å². The number of hydrogen-bond donors (Lipinski definition) is 0. The minimum absolute atomic E-state index is 0.900. The van der Waals surface area contributed by atoms with Crippen molar-refractivity contribution >= 4 is 22.9 Å². The maximum Gasteiger partial charge on any atom is 0.203 e. The highest BCUT2D eigenvalue weighted by molar-refractivity contribution is 5.93. The maximum absolute atomic E-state index is 6.04. The average molecular weight is 277 g/mol. The van der Waals surface area contributed by atoms with E-state index in [1.54, 1.807) is 0 Å². The van der Waals surface area contributed by atoms with E-state index in [0.29, 0.717) is 0 Å². The first kappa shape index (κ1) is 13.5. The zero-order valence-corrected chi connectivity index (χ0v) is 12.3. The van der Waals surface area contributed by atoms with Crippen molar-refractivity contribution in [3.8, 4) is 0 Å². The molecule has 0 radical (unpaired) electrons. The Kier molecular flexibility index (Phi) is 3.53. The molecule has 1 aliphatic rings. The Morgan fingerprint density at radius 1 is 1.05 bits per heavy atom. The SMILES string of the molecule is C=C1/C=C\CCN(C)c2oc3ccccc3c2/C=C\C1=C. The number of allylic oxidation sites excluding steroid dienone is 4. The molecule has 2 nitrogen and oxygen atoms in total. The van der Waals surface area contributed by atoms with Gasteiger partial charge in [-0.25, -0.2) is 0 Å². The number of para-hydroxylation sites is 1. The van der Waals surface area contributed by atoms with E-state index in [4.69, 9.17) is 4.42 Å². The van der Waals surface area contributed by atoms with Gasteiger partial charge in [-0.3, -0.25) is 0 Å². The number of furan rings is 1. The molecule has 1 aromatic heterocycles. The molecule has 2 aromatic rings. The van der Waals surface area contributed by atoms with Gasteiger partial charge in [0.25, 0.3) is 0 Å². The summed E-state index contributed by atoms with van der Waals surface area (Å²) in [6.45, 7) is 9.02. The molecule has 0 amide bonds. The highest BCUT2D eigenvalue weighted by Gasteiger charge is 2.15. The van der Waals surface area contributed by atoms with Gasteiger partial charge in [0.2, 0.25) is 5.88 Å². The number of nitrogens with zero attached hydrogens (tertiary/aromatic N) is 1. The largest absolute Gasteiger partial charge is 0.440 e. The van der Waals surface area contributed by atoms with Crippen molar-refractivity contribution in [1.29, 1.82) is 0 Å². The molecule has 106 valence electrons. The summed E-state index contributed by atoms with van der Waals surface area (Å²) < 4.78 is 6.04. The summed E-state index contributed by atoms with van der Waals surface area (Å²) in [5.74, 6) is 0.904. The number of hydrogen-bond acceptors (Lipinski definition) is 2. The van der Waals surface area contributed by atoms with Gasteiger partial charge in [-0.15, -0.1) is 0 Å². The van der Waals surface area contributed by atoms with Crippen LogP contribution in [0.2, 0.25) is 0 Å². The summed E-state index contributed by atoms with van der Waals surface area (Å²) in [5.41, 5.74) is 3.89. The molecule has 0 bridgehead atoms. The minimum atomic E-state index is 0.900. The second kappa shape index (κ2) is 5.49. The molecule has 0 unspecified atom stereocenters. The van der Waals surface area contributed by atoms with Crippen molar-refractivity contribution in [2.24, 2.45) is 0 Å². The van der Waals surface area contributed by atoms with Gasteiger partial charge in [0, 0.05) is 24.5 Å². The molecule has 0 aliphatic carbocycles. The van der Waals surface area contributed by atoms with Gasteiger partial charge in [-0.1, -0.05) is 49.6 Å². The second-order valence-electron chi connectivity index (χ2n) is 5.31. The van der Waals surface area contributed by atoms with Crippen LogP contribution in [0.5, 0.6) is 0 Å². The summed E-state index contributed by atoms with van der Waals surface area (Å²) in [6.07, 6.45) is 9.19. The highest BCUT2D eigenvalue weighted by atomic mass is 16.4. The molecule has 1 aromatic carbocycles. The first-order valence-electron chi connectivity index (χ1n) is 7.12. The molecule has 0 saturated carbocycles. The molecule has 3 rings (SSSR count). The lowest BCUT2D eigenvalue weighted by Gasteiger charge is -2.15. The monoisotopic (exact) mass is 277 g/mol. The van der Waals surface area contributed by atoms with E-state index in [2.05, 4.69) is 43.3 Å². The van der Waals surface area contributed by atoms with Crippen molar-refractivity contribution in [3.05, 3.63) is 72.4 Å². The molecule has 21 heavy (non-hydrogen) atoms. The van der Waals surface area contributed by atoms with E-state index in [0.717, 1.165) is 46.5 Å². The predicted octanol–water partition coefficient (Wildman–Crippen LogP) is 4.95. The van der Waals surface area contributed by atoms with Gasteiger partial charge in [-0.05, 0) is 29.7 Å². The fourth-order valence-electron chi connectivity index (χ4n) is 2.49. The third kappa shape index (κ3) is 2.57. The lowest BCUT2D eigenvalue weighted by molar-refractivity contribution is 0.596. The molecule has 2 heterocycles. The quantitative estimate of drug-likeness (QED) is 0.677. The molecule has 0 N–H and O–H groups in total. The van der Waals surface area contributed by atoms with Crippen molar-refractivity contribution in [1.82, 2.24) is 0 Å². The van der Waals surface area contributed by atoms with Crippen molar-refractivity contribution in [3.63, 3.8) is 0 Å². The normalized spacial score (nSPS) is 19.2. The van der Waals surface area contributed by atoms with Crippen LogP contribution in [0.4, 0.5) is 5.88 Å². The van der Waals surface area contributed by atoms with E-state index in [-0.39, 0.29) is 0 Å². The van der Waals surface area contributed by atoms with Crippen LogP contribution in [0.25, 0.3) is 17.0 Å². The Balaban J connectivity index is 2.16. The molecule has 1 aliphatic heterocycles. The molecule has 0 atom stereocenters. The lowest BCUT2D eigenvalue weighted by Crippen LogP contribution is -2.17. The maximum atomic E-state index is 6.04. The van der Waals surface area contributed by atoms with Gasteiger partial charge < -0.3 is 9.32 Å². The van der Waals surface area contributed by atoms with Crippen LogP contribution in [0.1, 0.15) is 12.0 Å². The van der Waals surface area contributed by atoms with E-state index in [1.165, 1.54) is 0 Å². The third-order valence-electron chi connectivity index (χ3n) is 3.77.